The van der Waals surface area contributed by atoms with Gasteiger partial charge in [-0.3, -0.25) is 0 Å². The SMILES string of the molecule is CC(C)(C)OC(=O)NCC(O)C(F)(F)F. The molecule has 0 aliphatic heterocycles. The third-order valence-corrected chi connectivity index (χ3v) is 1.22. The fraction of sp³-hybridized carbons (Fsp3) is 0.875. The number of halogens is 3. The largest absolute Gasteiger partial charge is 0.444 e. The number of amides is 1. The highest BCUT2D eigenvalue weighted by Crippen LogP contribution is 2.19. The van der Waals surface area contributed by atoms with E-state index in [1.165, 1.54) is 0 Å². The molecule has 90 valence electrons. The van der Waals surface area contributed by atoms with E-state index in [1.54, 1.807) is 20.8 Å². The zero-order valence-corrected chi connectivity index (χ0v) is 8.68. The summed E-state index contributed by atoms with van der Waals surface area (Å²) in [5, 5.41) is 10.4. The zero-order chi connectivity index (χ0) is 12.3. The fourth-order valence-corrected chi connectivity index (χ4v) is 0.610. The Bertz CT molecular complexity index is 222. The molecule has 0 saturated heterocycles. The summed E-state index contributed by atoms with van der Waals surface area (Å²) in [6.45, 7) is 3.81. The molecule has 1 amide bonds. The molecule has 0 spiro atoms. The Balaban J connectivity index is 3.92. The average molecular weight is 229 g/mol. The third-order valence-electron chi connectivity index (χ3n) is 1.22. The highest BCUT2D eigenvalue weighted by Gasteiger charge is 2.38. The maximum atomic E-state index is 11.8. The van der Waals surface area contributed by atoms with Crippen LogP contribution in [-0.4, -0.2) is 35.6 Å². The molecule has 1 atom stereocenters. The van der Waals surface area contributed by atoms with Gasteiger partial charge in [-0.25, -0.2) is 4.79 Å². The lowest BCUT2D eigenvalue weighted by atomic mass is 10.2. The second-order valence-electron chi connectivity index (χ2n) is 3.94. The van der Waals surface area contributed by atoms with Gasteiger partial charge in [0, 0.05) is 0 Å². The molecule has 1 unspecified atom stereocenters. The van der Waals surface area contributed by atoms with Crippen LogP contribution in [-0.2, 0) is 4.74 Å². The van der Waals surface area contributed by atoms with Crippen molar-refractivity contribution in [2.75, 3.05) is 6.54 Å². The summed E-state index contributed by atoms with van der Waals surface area (Å²) >= 11 is 0. The van der Waals surface area contributed by atoms with Gasteiger partial charge in [0.05, 0.1) is 6.54 Å². The van der Waals surface area contributed by atoms with Crippen LogP contribution in [0.5, 0.6) is 0 Å². The second-order valence-corrected chi connectivity index (χ2v) is 3.94. The lowest BCUT2D eigenvalue weighted by molar-refractivity contribution is -0.201. The number of hydrogen-bond donors (Lipinski definition) is 2. The molecule has 4 nitrogen and oxygen atoms in total. The highest BCUT2D eigenvalue weighted by molar-refractivity contribution is 5.67. The van der Waals surface area contributed by atoms with E-state index >= 15 is 0 Å². The number of aliphatic hydroxyl groups is 1. The topological polar surface area (TPSA) is 58.6 Å². The van der Waals surface area contributed by atoms with Crippen LogP contribution in [0.15, 0.2) is 0 Å². The van der Waals surface area contributed by atoms with Crippen molar-refractivity contribution >= 4 is 6.09 Å². The first-order valence-corrected chi connectivity index (χ1v) is 4.24. The first kappa shape index (κ1) is 14.0. The van der Waals surface area contributed by atoms with Gasteiger partial charge in [0.1, 0.15) is 5.60 Å². The van der Waals surface area contributed by atoms with E-state index in [1.807, 2.05) is 5.32 Å². The monoisotopic (exact) mass is 229 g/mol. The smallest absolute Gasteiger partial charge is 0.416 e. The highest BCUT2D eigenvalue weighted by atomic mass is 19.4. The number of aliphatic hydroxyl groups excluding tert-OH is 1. The van der Waals surface area contributed by atoms with Crippen molar-refractivity contribution in [2.24, 2.45) is 0 Å². The summed E-state index contributed by atoms with van der Waals surface area (Å²) in [4.78, 5) is 10.9. The van der Waals surface area contributed by atoms with Gasteiger partial charge in [-0.05, 0) is 20.8 Å². The van der Waals surface area contributed by atoms with Crippen LogP contribution in [0.3, 0.4) is 0 Å². The van der Waals surface area contributed by atoms with Crippen LogP contribution >= 0.6 is 0 Å². The van der Waals surface area contributed by atoms with E-state index in [4.69, 9.17) is 5.11 Å². The van der Waals surface area contributed by atoms with Gasteiger partial charge < -0.3 is 15.2 Å². The van der Waals surface area contributed by atoms with Gasteiger partial charge >= 0.3 is 12.3 Å². The minimum Gasteiger partial charge on any atom is -0.444 e. The summed E-state index contributed by atoms with van der Waals surface area (Å²) in [7, 11) is 0. The van der Waals surface area contributed by atoms with E-state index < -0.39 is 30.5 Å². The fourth-order valence-electron chi connectivity index (χ4n) is 0.610. The van der Waals surface area contributed by atoms with Gasteiger partial charge in [-0.1, -0.05) is 0 Å². The van der Waals surface area contributed by atoms with Gasteiger partial charge in [-0.15, -0.1) is 0 Å². The van der Waals surface area contributed by atoms with Gasteiger partial charge in [0.15, 0.2) is 6.10 Å². The molecule has 0 bridgehead atoms. The number of alkyl carbamates (subject to hydrolysis) is 1. The summed E-state index contributed by atoms with van der Waals surface area (Å²) in [6, 6.07) is 0. The standard InChI is InChI=1S/C8H14F3NO3/c1-7(2,3)15-6(14)12-4-5(13)8(9,10)11/h5,13H,4H2,1-3H3,(H,12,14). The predicted octanol–water partition coefficient (Wildman–Crippen LogP) is 1.43. The van der Waals surface area contributed by atoms with E-state index in [0.717, 1.165) is 0 Å². The third kappa shape index (κ3) is 7.01. The summed E-state index contributed by atoms with van der Waals surface area (Å²) < 4.78 is 40.1. The number of ether oxygens (including phenoxy) is 1. The van der Waals surface area contributed by atoms with E-state index in [0.29, 0.717) is 0 Å². The molecule has 0 fully saturated rings. The van der Waals surface area contributed by atoms with Crippen molar-refractivity contribution in [1.82, 2.24) is 5.32 Å². The number of nitrogens with one attached hydrogen (secondary N) is 1. The molecule has 0 aliphatic rings. The van der Waals surface area contributed by atoms with Gasteiger partial charge in [-0.2, -0.15) is 13.2 Å². The quantitative estimate of drug-likeness (QED) is 0.753. The Morgan fingerprint density at radius 3 is 2.20 bits per heavy atom. The summed E-state index contributed by atoms with van der Waals surface area (Å²) in [5.74, 6) is 0. The number of alkyl halides is 3. The first-order valence-electron chi connectivity index (χ1n) is 4.24. The second kappa shape index (κ2) is 4.69. The molecule has 2 N–H and O–H groups in total. The zero-order valence-electron chi connectivity index (χ0n) is 8.68. The van der Waals surface area contributed by atoms with Crippen LogP contribution < -0.4 is 5.32 Å². The lowest BCUT2D eigenvalue weighted by Crippen LogP contribution is -2.42. The molecule has 7 heteroatoms. The first-order chi connectivity index (χ1) is 6.52. The molecule has 0 heterocycles. The van der Waals surface area contributed by atoms with Crippen molar-refractivity contribution in [2.45, 2.75) is 38.7 Å². The van der Waals surface area contributed by atoms with Crippen LogP contribution in [0.4, 0.5) is 18.0 Å². The number of carbonyl (C=O) groups is 1. The van der Waals surface area contributed by atoms with Crippen molar-refractivity contribution in [3.05, 3.63) is 0 Å². The Labute approximate surface area is 85.4 Å². The molecule has 0 aromatic heterocycles. The van der Waals surface area contributed by atoms with Gasteiger partial charge in [0.2, 0.25) is 0 Å². The normalized spacial score (nSPS) is 14.6. The van der Waals surface area contributed by atoms with Crippen LogP contribution in [0.1, 0.15) is 20.8 Å². The minimum atomic E-state index is -4.74. The van der Waals surface area contributed by atoms with E-state index in [-0.39, 0.29) is 0 Å². The number of hydrogen-bond acceptors (Lipinski definition) is 3. The maximum absolute atomic E-state index is 11.8. The van der Waals surface area contributed by atoms with Gasteiger partial charge in [0.25, 0.3) is 0 Å². The molecule has 0 aromatic rings. The summed E-state index contributed by atoms with van der Waals surface area (Å²) in [5.41, 5.74) is -0.784. The predicted molar refractivity (Wildman–Crippen MR) is 46.3 cm³/mol. The maximum Gasteiger partial charge on any atom is 0.416 e. The van der Waals surface area contributed by atoms with Crippen LogP contribution in [0, 0.1) is 0 Å². The Hall–Kier alpha value is -0.980. The van der Waals surface area contributed by atoms with Crippen molar-refractivity contribution in [3.8, 4) is 0 Å². The minimum absolute atomic E-state index is 0.784. The number of rotatable bonds is 2. The molecular weight excluding hydrogens is 215 g/mol. The van der Waals surface area contributed by atoms with E-state index in [9.17, 15) is 18.0 Å². The van der Waals surface area contributed by atoms with Crippen molar-refractivity contribution in [1.29, 1.82) is 0 Å². The molecule has 15 heavy (non-hydrogen) atoms. The average Bonchev–Trinajstić information content (AvgIpc) is 1.94. The Morgan fingerprint density at radius 1 is 1.40 bits per heavy atom. The molecule has 0 rings (SSSR count). The van der Waals surface area contributed by atoms with E-state index in [2.05, 4.69) is 4.74 Å². The molecule has 0 radical (unpaired) electrons. The Morgan fingerprint density at radius 2 is 1.87 bits per heavy atom. The molecule has 0 aliphatic carbocycles. The van der Waals surface area contributed by atoms with Crippen LogP contribution in [0.2, 0.25) is 0 Å². The van der Waals surface area contributed by atoms with Crippen LogP contribution in [0.25, 0.3) is 0 Å². The van der Waals surface area contributed by atoms with Crippen molar-refractivity contribution in [3.63, 3.8) is 0 Å². The van der Waals surface area contributed by atoms with Crippen molar-refractivity contribution < 1.29 is 27.8 Å². The molecular formula is C8H14F3NO3. The Kier molecular flexibility index (Phi) is 4.39. The lowest BCUT2D eigenvalue weighted by Gasteiger charge is -2.21. The summed E-state index contributed by atoms with van der Waals surface area (Å²) in [6.07, 6.45) is -8.31. The molecule has 0 aromatic carbocycles. The molecule has 0 saturated carbocycles. The number of carbonyl (C=O) groups excluding carboxylic acids is 1.